The standard InChI is InChI=1S/C27H30N2O5/c1-17-12-18(25(31)32)15-29(14-17)24(30)13-27(10-11-27)28-26(33)34-16-23-21-8-4-2-6-19(21)20-7-3-5-9-22(20)23/h2-9,17-18,23H,10-16H2,1H3,(H,28,33)(H,31,32). The average Bonchev–Trinajstić information content (AvgIpc) is 3.49. The lowest BCUT2D eigenvalue weighted by Gasteiger charge is -2.35. The maximum atomic E-state index is 12.9. The molecule has 2 unspecified atom stereocenters. The fraction of sp³-hybridized carbons (Fsp3) is 0.444. The Bertz CT molecular complexity index is 1080. The summed E-state index contributed by atoms with van der Waals surface area (Å²) >= 11 is 0. The Morgan fingerprint density at radius 2 is 1.65 bits per heavy atom. The van der Waals surface area contributed by atoms with Crippen LogP contribution >= 0.6 is 0 Å². The van der Waals surface area contributed by atoms with E-state index in [1.54, 1.807) is 4.90 Å². The normalized spacial score (nSPS) is 22.4. The minimum absolute atomic E-state index is 0.0160. The van der Waals surface area contributed by atoms with Crippen molar-refractivity contribution in [3.05, 3.63) is 59.7 Å². The van der Waals surface area contributed by atoms with Crippen molar-refractivity contribution in [3.63, 3.8) is 0 Å². The van der Waals surface area contributed by atoms with E-state index in [0.29, 0.717) is 25.8 Å². The molecule has 1 saturated heterocycles. The van der Waals surface area contributed by atoms with Crippen molar-refractivity contribution in [2.45, 2.75) is 44.1 Å². The number of amides is 2. The molecule has 7 heteroatoms. The number of carbonyl (C=O) groups is 3. The number of nitrogens with one attached hydrogen (secondary N) is 1. The van der Waals surface area contributed by atoms with E-state index in [0.717, 1.165) is 11.1 Å². The van der Waals surface area contributed by atoms with Crippen molar-refractivity contribution in [2.75, 3.05) is 19.7 Å². The number of carboxylic acids is 1. The Kier molecular flexibility index (Phi) is 5.80. The lowest BCUT2D eigenvalue weighted by atomic mass is 9.90. The van der Waals surface area contributed by atoms with Crippen molar-refractivity contribution in [1.82, 2.24) is 10.2 Å². The van der Waals surface area contributed by atoms with E-state index in [-0.39, 0.29) is 37.3 Å². The lowest BCUT2D eigenvalue weighted by Crippen LogP contribution is -2.48. The predicted molar refractivity (Wildman–Crippen MR) is 126 cm³/mol. The van der Waals surface area contributed by atoms with E-state index >= 15 is 0 Å². The van der Waals surface area contributed by atoms with E-state index in [4.69, 9.17) is 4.74 Å². The first kappa shape index (κ1) is 22.4. The zero-order valence-corrected chi connectivity index (χ0v) is 19.3. The maximum absolute atomic E-state index is 12.9. The van der Waals surface area contributed by atoms with Crippen molar-refractivity contribution in [2.24, 2.45) is 11.8 Å². The number of likely N-dealkylation sites (tertiary alicyclic amines) is 1. The van der Waals surface area contributed by atoms with Crippen LogP contribution in [0.4, 0.5) is 4.79 Å². The van der Waals surface area contributed by atoms with E-state index < -0.39 is 23.5 Å². The van der Waals surface area contributed by atoms with E-state index in [2.05, 4.69) is 29.6 Å². The van der Waals surface area contributed by atoms with E-state index in [1.807, 2.05) is 31.2 Å². The van der Waals surface area contributed by atoms with Gasteiger partial charge in [0.2, 0.25) is 5.91 Å². The second-order valence-corrected chi connectivity index (χ2v) is 10.1. The summed E-state index contributed by atoms with van der Waals surface area (Å²) in [5, 5.41) is 12.3. The Morgan fingerprint density at radius 3 is 2.24 bits per heavy atom. The van der Waals surface area contributed by atoms with Gasteiger partial charge in [0.15, 0.2) is 0 Å². The van der Waals surface area contributed by atoms with Crippen molar-refractivity contribution in [3.8, 4) is 11.1 Å². The molecule has 0 aromatic heterocycles. The van der Waals surface area contributed by atoms with E-state index in [1.165, 1.54) is 11.1 Å². The molecule has 0 spiro atoms. The number of aliphatic carboxylic acids is 1. The fourth-order valence-corrected chi connectivity index (χ4v) is 5.48. The van der Waals surface area contributed by atoms with Gasteiger partial charge < -0.3 is 20.1 Å². The molecule has 2 aromatic carbocycles. The number of nitrogens with zero attached hydrogens (tertiary/aromatic N) is 1. The second kappa shape index (κ2) is 8.78. The number of piperidine rings is 1. The lowest BCUT2D eigenvalue weighted by molar-refractivity contribution is -0.147. The van der Waals surface area contributed by atoms with Gasteiger partial charge in [0.1, 0.15) is 6.61 Å². The minimum atomic E-state index is -0.859. The molecule has 3 aliphatic rings. The molecule has 1 saturated carbocycles. The third kappa shape index (κ3) is 4.39. The van der Waals surface area contributed by atoms with Gasteiger partial charge in [-0.15, -0.1) is 0 Å². The quantitative estimate of drug-likeness (QED) is 0.676. The topological polar surface area (TPSA) is 95.9 Å². The molecule has 0 bridgehead atoms. The van der Waals surface area contributed by atoms with Crippen molar-refractivity contribution >= 4 is 18.0 Å². The van der Waals surface area contributed by atoms with Crippen molar-refractivity contribution in [1.29, 1.82) is 0 Å². The highest BCUT2D eigenvalue weighted by Gasteiger charge is 2.47. The van der Waals surface area contributed by atoms with Crippen molar-refractivity contribution < 1.29 is 24.2 Å². The first-order chi connectivity index (χ1) is 16.3. The van der Waals surface area contributed by atoms with Crippen LogP contribution in [0.2, 0.25) is 0 Å². The summed E-state index contributed by atoms with van der Waals surface area (Å²) in [6.07, 6.45) is 1.68. The van der Waals surface area contributed by atoms with Crippen LogP contribution < -0.4 is 5.32 Å². The van der Waals surface area contributed by atoms with Gasteiger partial charge in [0, 0.05) is 19.0 Å². The van der Waals surface area contributed by atoms with Gasteiger partial charge in [0.25, 0.3) is 0 Å². The van der Waals surface area contributed by atoms with Gasteiger partial charge >= 0.3 is 12.1 Å². The monoisotopic (exact) mass is 462 g/mol. The number of hydrogen-bond acceptors (Lipinski definition) is 4. The molecule has 5 rings (SSSR count). The molecule has 2 fully saturated rings. The zero-order chi connectivity index (χ0) is 23.9. The summed E-state index contributed by atoms with van der Waals surface area (Å²) in [7, 11) is 0. The van der Waals surface area contributed by atoms with Gasteiger partial charge in [0.05, 0.1) is 17.9 Å². The summed E-state index contributed by atoms with van der Waals surface area (Å²) in [4.78, 5) is 38.7. The van der Waals surface area contributed by atoms with Crippen LogP contribution in [0.3, 0.4) is 0 Å². The molecule has 2 aromatic rings. The molecule has 1 heterocycles. The Hall–Kier alpha value is -3.35. The molecule has 2 aliphatic carbocycles. The summed E-state index contributed by atoms with van der Waals surface area (Å²) in [6, 6.07) is 16.4. The molecule has 7 nitrogen and oxygen atoms in total. The van der Waals surface area contributed by atoms with Crippen LogP contribution in [-0.4, -0.2) is 53.2 Å². The molecule has 2 N–H and O–H groups in total. The Morgan fingerprint density at radius 1 is 1.03 bits per heavy atom. The average molecular weight is 463 g/mol. The number of ether oxygens (including phenoxy) is 1. The Balaban J connectivity index is 1.19. The van der Waals surface area contributed by atoms with Crippen LogP contribution in [0.5, 0.6) is 0 Å². The third-order valence-corrected chi connectivity index (χ3v) is 7.42. The molecular weight excluding hydrogens is 432 g/mol. The van der Waals surface area contributed by atoms with Crippen LogP contribution in [0, 0.1) is 11.8 Å². The molecule has 0 radical (unpaired) electrons. The SMILES string of the molecule is CC1CC(C(=O)O)CN(C(=O)CC2(NC(=O)OCC3c4ccccc4-c4ccccc43)CC2)C1. The highest BCUT2D eigenvalue weighted by Crippen LogP contribution is 2.45. The number of fused-ring (bicyclic) bond motifs is 3. The molecule has 34 heavy (non-hydrogen) atoms. The Labute approximate surface area is 199 Å². The third-order valence-electron chi connectivity index (χ3n) is 7.42. The number of alkyl carbamates (subject to hydrolysis) is 1. The smallest absolute Gasteiger partial charge is 0.407 e. The van der Waals surface area contributed by atoms with Gasteiger partial charge in [-0.3, -0.25) is 9.59 Å². The zero-order valence-electron chi connectivity index (χ0n) is 19.3. The largest absolute Gasteiger partial charge is 0.481 e. The van der Waals surface area contributed by atoms with Gasteiger partial charge in [-0.2, -0.15) is 0 Å². The van der Waals surface area contributed by atoms with Gasteiger partial charge in [-0.1, -0.05) is 55.5 Å². The highest BCUT2D eigenvalue weighted by molar-refractivity contribution is 5.81. The second-order valence-electron chi connectivity index (χ2n) is 10.1. The summed E-state index contributed by atoms with van der Waals surface area (Å²) in [5.74, 6) is -1.36. The first-order valence-electron chi connectivity index (χ1n) is 12.0. The first-order valence-corrected chi connectivity index (χ1v) is 12.0. The molecule has 1 aliphatic heterocycles. The number of carboxylic acid groups (broad SMARTS) is 1. The number of benzene rings is 2. The number of rotatable bonds is 6. The predicted octanol–water partition coefficient (Wildman–Crippen LogP) is 4.02. The highest BCUT2D eigenvalue weighted by atomic mass is 16.5. The van der Waals surface area contributed by atoms with Gasteiger partial charge in [-0.25, -0.2) is 4.79 Å². The summed E-state index contributed by atoms with van der Waals surface area (Å²) < 4.78 is 5.66. The van der Waals surface area contributed by atoms with Crippen LogP contribution in [0.1, 0.15) is 49.7 Å². The fourth-order valence-electron chi connectivity index (χ4n) is 5.48. The summed E-state index contributed by atoms with van der Waals surface area (Å²) in [5.41, 5.74) is 4.07. The molecular formula is C27H30N2O5. The maximum Gasteiger partial charge on any atom is 0.407 e. The molecule has 2 atom stereocenters. The van der Waals surface area contributed by atoms with Gasteiger partial charge in [-0.05, 0) is 47.4 Å². The van der Waals surface area contributed by atoms with Crippen LogP contribution in [-0.2, 0) is 14.3 Å². The van der Waals surface area contributed by atoms with Crippen LogP contribution in [0.15, 0.2) is 48.5 Å². The molecule has 178 valence electrons. The van der Waals surface area contributed by atoms with E-state index in [9.17, 15) is 19.5 Å². The minimum Gasteiger partial charge on any atom is -0.481 e. The number of carbonyl (C=O) groups excluding carboxylic acids is 2. The molecule has 2 amide bonds. The summed E-state index contributed by atoms with van der Waals surface area (Å²) in [6.45, 7) is 2.99. The number of hydrogen-bond donors (Lipinski definition) is 2. The van der Waals surface area contributed by atoms with Crippen LogP contribution in [0.25, 0.3) is 11.1 Å².